The van der Waals surface area contributed by atoms with Gasteiger partial charge < -0.3 is 20.9 Å². The molecule has 2 saturated heterocycles. The van der Waals surface area contributed by atoms with Crippen LogP contribution < -0.4 is 11.1 Å². The van der Waals surface area contributed by atoms with Crippen LogP contribution >= 0.6 is 24.8 Å². The molecule has 0 aliphatic carbocycles. The molecule has 0 saturated carbocycles. The van der Waals surface area contributed by atoms with Crippen LogP contribution in [0.5, 0.6) is 0 Å². The van der Waals surface area contributed by atoms with Gasteiger partial charge in [0.2, 0.25) is 17.8 Å². The molecule has 0 aromatic carbocycles. The van der Waals surface area contributed by atoms with Crippen LogP contribution in [0.4, 0.5) is 5.95 Å². The van der Waals surface area contributed by atoms with Gasteiger partial charge in [0.15, 0.2) is 0 Å². The molecule has 2 aliphatic heterocycles. The minimum Gasteiger partial charge on any atom is -0.367 e. The molecule has 2 amide bonds. The van der Waals surface area contributed by atoms with E-state index in [1.54, 1.807) is 0 Å². The number of nitrogens with zero attached hydrogens (tertiary/aromatic N) is 4. The number of hydrogen-bond donors (Lipinski definition) is 3. The lowest BCUT2D eigenvalue weighted by atomic mass is 9.83. The van der Waals surface area contributed by atoms with Gasteiger partial charge in [0, 0.05) is 51.5 Å². The van der Waals surface area contributed by atoms with E-state index in [-0.39, 0.29) is 48.6 Å². The summed E-state index contributed by atoms with van der Waals surface area (Å²) in [5.41, 5.74) is 5.47. The van der Waals surface area contributed by atoms with Gasteiger partial charge in [-0.3, -0.25) is 14.7 Å². The summed E-state index contributed by atoms with van der Waals surface area (Å²) in [6, 6.07) is 0.271. The summed E-state index contributed by atoms with van der Waals surface area (Å²) in [5.74, 6) is 1.61. The van der Waals surface area contributed by atoms with Crippen LogP contribution in [0.15, 0.2) is 0 Å². The molecule has 4 N–H and O–H groups in total. The van der Waals surface area contributed by atoms with E-state index in [0.717, 1.165) is 32.5 Å². The minimum atomic E-state index is 0. The SMILES string of the molecule is CNCCN1C(=O)CC[C@H]2CN(C(=O)CCc3nc(N)n[nH]3)CC[C@H]21.Cl.Cl. The summed E-state index contributed by atoms with van der Waals surface area (Å²) >= 11 is 0. The van der Waals surface area contributed by atoms with Gasteiger partial charge in [-0.25, -0.2) is 0 Å². The van der Waals surface area contributed by atoms with Crippen molar-refractivity contribution >= 4 is 42.6 Å². The first-order valence-corrected chi connectivity index (χ1v) is 8.97. The van der Waals surface area contributed by atoms with Crippen molar-refractivity contribution in [1.29, 1.82) is 0 Å². The van der Waals surface area contributed by atoms with Crippen LogP contribution in [0, 0.1) is 5.92 Å². The number of piperidine rings is 2. The van der Waals surface area contributed by atoms with Crippen LogP contribution in [0.2, 0.25) is 0 Å². The molecule has 2 fully saturated rings. The highest BCUT2D eigenvalue weighted by Gasteiger charge is 2.39. The number of carbonyl (C=O) groups excluding carboxylic acids is 2. The fourth-order valence-electron chi connectivity index (χ4n) is 3.91. The number of aromatic amines is 1. The Labute approximate surface area is 171 Å². The van der Waals surface area contributed by atoms with E-state index < -0.39 is 0 Å². The van der Waals surface area contributed by atoms with Crippen molar-refractivity contribution < 1.29 is 9.59 Å². The van der Waals surface area contributed by atoms with Crippen molar-refractivity contribution in [2.45, 2.75) is 38.1 Å². The number of likely N-dealkylation sites (N-methyl/N-ethyl adjacent to an activating group) is 1. The third-order valence-corrected chi connectivity index (χ3v) is 5.22. The summed E-state index contributed by atoms with van der Waals surface area (Å²) in [6.45, 7) is 3.00. The molecule has 0 unspecified atom stereocenters. The van der Waals surface area contributed by atoms with Gasteiger partial charge in [0.25, 0.3) is 0 Å². The van der Waals surface area contributed by atoms with Gasteiger partial charge in [0.05, 0.1) is 0 Å². The Morgan fingerprint density at radius 2 is 2.15 bits per heavy atom. The normalized spacial score (nSPS) is 21.9. The number of nitrogens with one attached hydrogen (secondary N) is 2. The summed E-state index contributed by atoms with van der Waals surface area (Å²) in [5, 5.41) is 9.62. The monoisotopic (exact) mass is 421 g/mol. The molecule has 0 bridgehead atoms. The molecule has 2 atom stereocenters. The lowest BCUT2D eigenvalue weighted by Crippen LogP contribution is -2.57. The first kappa shape index (κ1) is 23.5. The number of amides is 2. The molecule has 9 nitrogen and oxygen atoms in total. The third kappa shape index (κ3) is 5.70. The third-order valence-electron chi connectivity index (χ3n) is 5.22. The number of carbonyl (C=O) groups is 2. The van der Waals surface area contributed by atoms with Gasteiger partial charge >= 0.3 is 0 Å². The molecular weight excluding hydrogens is 393 g/mol. The van der Waals surface area contributed by atoms with Gasteiger partial charge in [-0.1, -0.05) is 0 Å². The summed E-state index contributed by atoms with van der Waals surface area (Å²) in [4.78, 5) is 32.7. The van der Waals surface area contributed by atoms with Gasteiger partial charge in [-0.15, -0.1) is 29.9 Å². The number of nitrogens with two attached hydrogens (primary N) is 1. The number of likely N-dealkylation sites (tertiary alicyclic amines) is 2. The molecule has 2 aliphatic rings. The zero-order valence-electron chi connectivity index (χ0n) is 15.5. The number of hydrogen-bond acceptors (Lipinski definition) is 6. The van der Waals surface area contributed by atoms with Crippen LogP contribution in [0.1, 0.15) is 31.5 Å². The number of halogens is 2. The van der Waals surface area contributed by atoms with Gasteiger partial charge in [0.1, 0.15) is 5.82 Å². The lowest BCUT2D eigenvalue weighted by molar-refractivity contribution is -0.144. The second-order valence-corrected chi connectivity index (χ2v) is 6.83. The Balaban J connectivity index is 0.00000182. The number of anilines is 1. The predicted molar refractivity (Wildman–Crippen MR) is 107 cm³/mol. The second kappa shape index (κ2) is 10.7. The van der Waals surface area contributed by atoms with Crippen LogP contribution in [0.25, 0.3) is 0 Å². The molecule has 3 rings (SSSR count). The minimum absolute atomic E-state index is 0. The fraction of sp³-hybridized carbons (Fsp3) is 0.750. The van der Waals surface area contributed by atoms with Gasteiger partial charge in [-0.2, -0.15) is 4.98 Å². The largest absolute Gasteiger partial charge is 0.367 e. The van der Waals surface area contributed by atoms with Crippen molar-refractivity contribution in [1.82, 2.24) is 30.3 Å². The van der Waals surface area contributed by atoms with Crippen molar-refractivity contribution in [3.63, 3.8) is 0 Å². The zero-order chi connectivity index (χ0) is 17.8. The number of rotatable bonds is 6. The highest BCUT2D eigenvalue weighted by molar-refractivity contribution is 5.85. The zero-order valence-corrected chi connectivity index (χ0v) is 17.2. The Kier molecular flexibility index (Phi) is 9.28. The van der Waals surface area contributed by atoms with Crippen LogP contribution in [-0.4, -0.2) is 76.1 Å². The summed E-state index contributed by atoms with van der Waals surface area (Å²) in [7, 11) is 1.90. The maximum atomic E-state index is 12.5. The first-order chi connectivity index (χ1) is 12.1. The van der Waals surface area contributed by atoms with Crippen LogP contribution in [-0.2, 0) is 16.0 Å². The quantitative estimate of drug-likeness (QED) is 0.604. The summed E-state index contributed by atoms with van der Waals surface area (Å²) < 4.78 is 0. The highest BCUT2D eigenvalue weighted by atomic mass is 35.5. The Bertz CT molecular complexity index is 628. The predicted octanol–water partition coefficient (Wildman–Crippen LogP) is 0.222. The van der Waals surface area contributed by atoms with Crippen molar-refractivity contribution in [2.24, 2.45) is 5.92 Å². The number of aromatic nitrogens is 3. The number of nitrogen functional groups attached to an aromatic ring is 1. The van der Waals surface area contributed by atoms with Crippen molar-refractivity contribution in [2.75, 3.05) is 39.0 Å². The lowest BCUT2D eigenvalue weighted by Gasteiger charge is -2.47. The van der Waals surface area contributed by atoms with E-state index in [1.807, 2.05) is 16.8 Å². The number of fused-ring (bicyclic) bond motifs is 1. The average molecular weight is 422 g/mol. The maximum Gasteiger partial charge on any atom is 0.239 e. The maximum absolute atomic E-state index is 12.5. The number of H-pyrrole nitrogens is 1. The molecule has 0 spiro atoms. The standard InChI is InChI=1S/C16H27N7O2.2ClH/c1-18-7-9-23-12-6-8-22(10-11(12)2-4-15(23)25)14(24)5-3-13-19-16(17)21-20-13;;/h11-12,18H,2-10H2,1H3,(H3,17,19,20,21);2*1H/t11-,12+;;/m0../s1. The van der Waals surface area contributed by atoms with Crippen molar-refractivity contribution in [3.8, 4) is 0 Å². The van der Waals surface area contributed by atoms with E-state index >= 15 is 0 Å². The Hall–Kier alpha value is -1.58. The van der Waals surface area contributed by atoms with E-state index in [4.69, 9.17) is 5.73 Å². The molecule has 0 radical (unpaired) electrons. The van der Waals surface area contributed by atoms with E-state index in [0.29, 0.717) is 37.5 Å². The van der Waals surface area contributed by atoms with E-state index in [9.17, 15) is 9.59 Å². The second-order valence-electron chi connectivity index (χ2n) is 6.83. The average Bonchev–Trinajstić information content (AvgIpc) is 3.04. The van der Waals surface area contributed by atoms with Gasteiger partial charge in [-0.05, 0) is 25.8 Å². The van der Waals surface area contributed by atoms with E-state index in [2.05, 4.69) is 20.5 Å². The summed E-state index contributed by atoms with van der Waals surface area (Å²) in [6.07, 6.45) is 3.24. The van der Waals surface area contributed by atoms with Crippen molar-refractivity contribution in [3.05, 3.63) is 5.82 Å². The highest BCUT2D eigenvalue weighted by Crippen LogP contribution is 2.31. The Morgan fingerprint density at radius 3 is 2.81 bits per heavy atom. The molecule has 3 heterocycles. The Morgan fingerprint density at radius 1 is 1.37 bits per heavy atom. The fourth-order valence-corrected chi connectivity index (χ4v) is 3.91. The van der Waals surface area contributed by atoms with E-state index in [1.165, 1.54) is 0 Å². The molecule has 154 valence electrons. The molecular formula is C16H29Cl2N7O2. The van der Waals surface area contributed by atoms with Crippen LogP contribution in [0.3, 0.4) is 0 Å². The molecule has 11 heteroatoms. The topological polar surface area (TPSA) is 120 Å². The first-order valence-electron chi connectivity index (χ1n) is 8.97. The smallest absolute Gasteiger partial charge is 0.239 e. The number of aryl methyl sites for hydroxylation is 1. The molecule has 27 heavy (non-hydrogen) atoms. The molecule has 1 aromatic rings. The molecule has 1 aromatic heterocycles.